The van der Waals surface area contributed by atoms with E-state index in [1.807, 2.05) is 42.7 Å². The fraction of sp³-hybridized carbons (Fsp3) is 0.500. The van der Waals surface area contributed by atoms with Crippen LogP contribution in [0.5, 0.6) is 11.5 Å². The summed E-state index contributed by atoms with van der Waals surface area (Å²) in [7, 11) is 1.69. The number of benzene rings is 1. The van der Waals surface area contributed by atoms with Crippen molar-refractivity contribution in [2.24, 2.45) is 11.8 Å². The molecule has 0 aliphatic heterocycles. The standard InChI is InChI=1S/C22H30N2O2/c1-17(14-24-16-18-6-5-11-23-15-18)19-7-3-9-21(12-19)26-22-10-4-8-20(13-22)25-2/h4-6,8,10-11,13,15,17,19,21,24H,3,7,9,12,14,16H2,1-2H3/t17?,19?,21-/m1/s1. The lowest BCUT2D eigenvalue weighted by Gasteiger charge is -2.33. The lowest BCUT2D eigenvalue weighted by Crippen LogP contribution is -2.33. The molecule has 3 atom stereocenters. The molecule has 4 nitrogen and oxygen atoms in total. The zero-order valence-electron chi connectivity index (χ0n) is 15.9. The molecule has 1 aliphatic carbocycles. The van der Waals surface area contributed by atoms with E-state index in [9.17, 15) is 0 Å². The maximum Gasteiger partial charge on any atom is 0.123 e. The number of hydrogen-bond acceptors (Lipinski definition) is 4. The number of nitrogens with zero attached hydrogens (tertiary/aromatic N) is 1. The Labute approximate surface area is 156 Å². The van der Waals surface area contributed by atoms with Crippen molar-refractivity contribution in [3.05, 3.63) is 54.4 Å². The highest BCUT2D eigenvalue weighted by Crippen LogP contribution is 2.33. The average molecular weight is 354 g/mol. The van der Waals surface area contributed by atoms with Crippen molar-refractivity contribution in [2.75, 3.05) is 13.7 Å². The Morgan fingerprint density at radius 1 is 1.19 bits per heavy atom. The van der Waals surface area contributed by atoms with Gasteiger partial charge in [-0.25, -0.2) is 0 Å². The maximum atomic E-state index is 6.24. The van der Waals surface area contributed by atoms with Crippen LogP contribution in [-0.2, 0) is 6.54 Å². The highest BCUT2D eigenvalue weighted by molar-refractivity contribution is 5.33. The normalized spacial score (nSPS) is 21.2. The van der Waals surface area contributed by atoms with Gasteiger partial charge in [0, 0.05) is 25.0 Å². The molecule has 1 saturated carbocycles. The van der Waals surface area contributed by atoms with Crippen molar-refractivity contribution in [3.8, 4) is 11.5 Å². The number of pyridine rings is 1. The van der Waals surface area contributed by atoms with Gasteiger partial charge >= 0.3 is 0 Å². The van der Waals surface area contributed by atoms with Gasteiger partial charge in [0.2, 0.25) is 0 Å². The summed E-state index contributed by atoms with van der Waals surface area (Å²) in [6.07, 6.45) is 8.87. The molecule has 0 radical (unpaired) electrons. The Kier molecular flexibility index (Phi) is 6.89. The van der Waals surface area contributed by atoms with E-state index in [4.69, 9.17) is 9.47 Å². The third-order valence-electron chi connectivity index (χ3n) is 5.33. The Balaban J connectivity index is 1.46. The number of rotatable bonds is 8. The van der Waals surface area contributed by atoms with E-state index in [0.717, 1.165) is 37.4 Å². The SMILES string of the molecule is COc1cccc(O[C@@H]2CCCC(C(C)CNCc3cccnc3)C2)c1. The molecular formula is C22H30N2O2. The Morgan fingerprint density at radius 3 is 2.88 bits per heavy atom. The molecule has 0 bridgehead atoms. The molecule has 26 heavy (non-hydrogen) atoms. The molecule has 1 N–H and O–H groups in total. The summed E-state index contributed by atoms with van der Waals surface area (Å²) in [6, 6.07) is 12.0. The first-order valence-corrected chi connectivity index (χ1v) is 9.65. The smallest absolute Gasteiger partial charge is 0.123 e. The molecule has 1 aromatic heterocycles. The van der Waals surface area contributed by atoms with Crippen molar-refractivity contribution in [1.82, 2.24) is 10.3 Å². The van der Waals surface area contributed by atoms with Crippen LogP contribution in [0.15, 0.2) is 48.8 Å². The summed E-state index contributed by atoms with van der Waals surface area (Å²) in [6.45, 7) is 4.27. The number of methoxy groups -OCH3 is 1. The highest BCUT2D eigenvalue weighted by Gasteiger charge is 2.27. The van der Waals surface area contributed by atoms with Gasteiger partial charge in [0.15, 0.2) is 0 Å². The second-order valence-electron chi connectivity index (χ2n) is 7.31. The van der Waals surface area contributed by atoms with Gasteiger partial charge in [-0.3, -0.25) is 4.98 Å². The topological polar surface area (TPSA) is 43.4 Å². The Bertz CT molecular complexity index is 662. The van der Waals surface area contributed by atoms with E-state index >= 15 is 0 Å². The predicted octanol–water partition coefficient (Wildman–Crippen LogP) is 4.45. The van der Waals surface area contributed by atoms with E-state index in [1.54, 1.807) is 7.11 Å². The molecule has 0 saturated heterocycles. The molecule has 1 aliphatic rings. The van der Waals surface area contributed by atoms with Crippen LogP contribution in [0, 0.1) is 11.8 Å². The van der Waals surface area contributed by atoms with Crippen LogP contribution in [-0.4, -0.2) is 24.7 Å². The van der Waals surface area contributed by atoms with E-state index in [1.165, 1.54) is 18.4 Å². The molecule has 2 aromatic rings. The molecule has 4 heteroatoms. The third kappa shape index (κ3) is 5.46. The van der Waals surface area contributed by atoms with Crippen LogP contribution in [0.4, 0.5) is 0 Å². The van der Waals surface area contributed by atoms with Crippen LogP contribution < -0.4 is 14.8 Å². The molecule has 2 unspecified atom stereocenters. The van der Waals surface area contributed by atoms with Crippen LogP contribution in [0.2, 0.25) is 0 Å². The average Bonchev–Trinajstić information content (AvgIpc) is 2.69. The monoisotopic (exact) mass is 354 g/mol. The lowest BCUT2D eigenvalue weighted by atomic mass is 9.79. The van der Waals surface area contributed by atoms with E-state index in [0.29, 0.717) is 17.9 Å². The van der Waals surface area contributed by atoms with Gasteiger partial charge in [-0.15, -0.1) is 0 Å². The quantitative estimate of drug-likeness (QED) is 0.760. The van der Waals surface area contributed by atoms with Gasteiger partial charge in [0.1, 0.15) is 11.5 Å². The van der Waals surface area contributed by atoms with Gasteiger partial charge in [-0.1, -0.05) is 19.1 Å². The Morgan fingerprint density at radius 2 is 2.08 bits per heavy atom. The lowest BCUT2D eigenvalue weighted by molar-refractivity contribution is 0.102. The zero-order chi connectivity index (χ0) is 18.2. The summed E-state index contributed by atoms with van der Waals surface area (Å²) in [5.74, 6) is 3.12. The first-order valence-electron chi connectivity index (χ1n) is 9.65. The van der Waals surface area contributed by atoms with E-state index < -0.39 is 0 Å². The van der Waals surface area contributed by atoms with E-state index in [-0.39, 0.29) is 0 Å². The van der Waals surface area contributed by atoms with Crippen molar-refractivity contribution in [2.45, 2.75) is 45.3 Å². The summed E-state index contributed by atoms with van der Waals surface area (Å²) >= 11 is 0. The summed E-state index contributed by atoms with van der Waals surface area (Å²) < 4.78 is 11.5. The van der Waals surface area contributed by atoms with Crippen molar-refractivity contribution >= 4 is 0 Å². The number of aromatic nitrogens is 1. The molecule has 3 rings (SSSR count). The Hall–Kier alpha value is -2.07. The summed E-state index contributed by atoms with van der Waals surface area (Å²) in [5.41, 5.74) is 1.24. The minimum atomic E-state index is 0.307. The van der Waals surface area contributed by atoms with Crippen molar-refractivity contribution in [1.29, 1.82) is 0 Å². The van der Waals surface area contributed by atoms with Crippen LogP contribution in [0.3, 0.4) is 0 Å². The van der Waals surface area contributed by atoms with Gasteiger partial charge in [-0.2, -0.15) is 0 Å². The molecule has 1 aromatic carbocycles. The second-order valence-corrected chi connectivity index (χ2v) is 7.31. The molecule has 0 amide bonds. The van der Waals surface area contributed by atoms with Gasteiger partial charge < -0.3 is 14.8 Å². The fourth-order valence-electron chi connectivity index (χ4n) is 3.79. The summed E-state index contributed by atoms with van der Waals surface area (Å²) in [4.78, 5) is 4.17. The largest absolute Gasteiger partial charge is 0.497 e. The minimum Gasteiger partial charge on any atom is -0.497 e. The van der Waals surface area contributed by atoms with Gasteiger partial charge in [0.05, 0.1) is 13.2 Å². The summed E-state index contributed by atoms with van der Waals surface area (Å²) in [5, 5.41) is 3.58. The second kappa shape index (κ2) is 9.58. The number of nitrogens with one attached hydrogen (secondary N) is 1. The molecule has 1 heterocycles. The number of hydrogen-bond donors (Lipinski definition) is 1. The van der Waals surface area contributed by atoms with Crippen LogP contribution in [0.1, 0.15) is 38.2 Å². The van der Waals surface area contributed by atoms with Crippen LogP contribution in [0.25, 0.3) is 0 Å². The third-order valence-corrected chi connectivity index (χ3v) is 5.33. The molecule has 140 valence electrons. The maximum absolute atomic E-state index is 6.24. The predicted molar refractivity (Wildman–Crippen MR) is 104 cm³/mol. The van der Waals surface area contributed by atoms with Crippen molar-refractivity contribution < 1.29 is 9.47 Å². The van der Waals surface area contributed by atoms with E-state index in [2.05, 4.69) is 23.3 Å². The minimum absolute atomic E-state index is 0.307. The van der Waals surface area contributed by atoms with Crippen LogP contribution >= 0.6 is 0 Å². The molecule has 0 spiro atoms. The van der Waals surface area contributed by atoms with Gasteiger partial charge in [0.25, 0.3) is 0 Å². The zero-order valence-corrected chi connectivity index (χ0v) is 15.9. The van der Waals surface area contributed by atoms with Gasteiger partial charge in [-0.05, 0) is 67.8 Å². The number of ether oxygens (including phenoxy) is 2. The molecular weight excluding hydrogens is 324 g/mol. The highest BCUT2D eigenvalue weighted by atomic mass is 16.5. The molecule has 1 fully saturated rings. The first kappa shape index (κ1) is 18.7. The fourth-order valence-corrected chi connectivity index (χ4v) is 3.79. The first-order chi connectivity index (χ1) is 12.7. The van der Waals surface area contributed by atoms with Crippen molar-refractivity contribution in [3.63, 3.8) is 0 Å².